The number of pyridine rings is 1. The van der Waals surface area contributed by atoms with E-state index in [0.29, 0.717) is 0 Å². The van der Waals surface area contributed by atoms with Gasteiger partial charge in [0.25, 0.3) is 0 Å². The summed E-state index contributed by atoms with van der Waals surface area (Å²) >= 11 is 6.87. The maximum absolute atomic E-state index is 9.33. The first-order valence-corrected chi connectivity index (χ1v) is 6.92. The van der Waals surface area contributed by atoms with E-state index >= 15 is 0 Å². The van der Waals surface area contributed by atoms with Gasteiger partial charge in [-0.05, 0) is 57.7 Å². The SMILES string of the molecule is Cc1nc(Br)c(Br)cc1N1CCC[C@H]1CO. The quantitative estimate of drug-likeness (QED) is 0.834. The molecule has 1 atom stereocenters. The highest BCUT2D eigenvalue weighted by Crippen LogP contribution is 2.32. The van der Waals surface area contributed by atoms with E-state index in [4.69, 9.17) is 0 Å². The summed E-state index contributed by atoms with van der Waals surface area (Å²) in [6, 6.07) is 2.31. The summed E-state index contributed by atoms with van der Waals surface area (Å²) < 4.78 is 1.78. The van der Waals surface area contributed by atoms with Crippen LogP contribution in [0, 0.1) is 6.92 Å². The summed E-state index contributed by atoms with van der Waals surface area (Å²) in [7, 11) is 0. The first-order valence-electron chi connectivity index (χ1n) is 5.33. The molecule has 0 unspecified atom stereocenters. The highest BCUT2D eigenvalue weighted by atomic mass is 79.9. The van der Waals surface area contributed by atoms with Crippen molar-refractivity contribution in [2.75, 3.05) is 18.1 Å². The van der Waals surface area contributed by atoms with Gasteiger partial charge < -0.3 is 10.0 Å². The number of aliphatic hydroxyl groups is 1. The van der Waals surface area contributed by atoms with Crippen LogP contribution in [0.1, 0.15) is 18.5 Å². The van der Waals surface area contributed by atoms with Crippen molar-refractivity contribution in [3.63, 3.8) is 0 Å². The van der Waals surface area contributed by atoms with Gasteiger partial charge in [-0.3, -0.25) is 0 Å². The third-order valence-electron chi connectivity index (χ3n) is 2.99. The minimum Gasteiger partial charge on any atom is -0.394 e. The smallest absolute Gasteiger partial charge is 0.120 e. The Hall–Kier alpha value is -0.130. The van der Waals surface area contributed by atoms with Crippen LogP contribution >= 0.6 is 31.9 Å². The topological polar surface area (TPSA) is 36.4 Å². The average Bonchev–Trinajstić information content (AvgIpc) is 2.71. The molecule has 0 saturated carbocycles. The molecule has 0 aromatic carbocycles. The maximum Gasteiger partial charge on any atom is 0.120 e. The first-order chi connectivity index (χ1) is 7.63. The Morgan fingerprint density at radius 3 is 3.00 bits per heavy atom. The fraction of sp³-hybridized carbons (Fsp3) is 0.545. The number of halogens is 2. The van der Waals surface area contributed by atoms with Gasteiger partial charge in [-0.25, -0.2) is 4.98 Å². The zero-order valence-electron chi connectivity index (χ0n) is 9.08. The molecule has 1 aromatic rings. The van der Waals surface area contributed by atoms with Crippen molar-refractivity contribution < 1.29 is 5.11 Å². The van der Waals surface area contributed by atoms with Gasteiger partial charge in [-0.2, -0.15) is 0 Å². The zero-order chi connectivity index (χ0) is 11.7. The minimum absolute atomic E-state index is 0.215. The molecule has 0 bridgehead atoms. The molecule has 2 rings (SSSR count). The predicted octanol–water partition coefficient (Wildman–Crippen LogP) is 2.88. The van der Waals surface area contributed by atoms with E-state index in [9.17, 15) is 5.11 Å². The van der Waals surface area contributed by atoms with Crippen molar-refractivity contribution in [3.05, 3.63) is 20.8 Å². The van der Waals surface area contributed by atoms with Crippen LogP contribution in [-0.4, -0.2) is 29.3 Å². The van der Waals surface area contributed by atoms with E-state index in [-0.39, 0.29) is 12.6 Å². The molecule has 1 aliphatic heterocycles. The highest BCUT2D eigenvalue weighted by Gasteiger charge is 2.25. The molecular weight excluding hydrogens is 336 g/mol. The molecule has 1 aliphatic rings. The summed E-state index contributed by atoms with van der Waals surface area (Å²) in [6.45, 7) is 3.22. The van der Waals surface area contributed by atoms with Crippen LogP contribution in [0.5, 0.6) is 0 Å². The Balaban J connectivity index is 2.36. The lowest BCUT2D eigenvalue weighted by Gasteiger charge is -2.26. The van der Waals surface area contributed by atoms with E-state index in [1.807, 2.05) is 6.92 Å². The van der Waals surface area contributed by atoms with Crippen molar-refractivity contribution >= 4 is 37.5 Å². The van der Waals surface area contributed by atoms with Crippen molar-refractivity contribution in [1.29, 1.82) is 0 Å². The Morgan fingerprint density at radius 2 is 2.31 bits per heavy atom. The number of hydrogen-bond donors (Lipinski definition) is 1. The largest absolute Gasteiger partial charge is 0.394 e. The number of aliphatic hydroxyl groups excluding tert-OH is 1. The summed E-state index contributed by atoms with van der Waals surface area (Å²) in [6.07, 6.45) is 2.20. The molecule has 0 amide bonds. The van der Waals surface area contributed by atoms with Gasteiger partial charge in [0.2, 0.25) is 0 Å². The van der Waals surface area contributed by atoms with Crippen LogP contribution in [0.3, 0.4) is 0 Å². The maximum atomic E-state index is 9.33. The summed E-state index contributed by atoms with van der Waals surface area (Å²) in [5.74, 6) is 0. The van der Waals surface area contributed by atoms with Crippen molar-refractivity contribution in [3.8, 4) is 0 Å². The Kier molecular flexibility index (Phi) is 3.87. The number of rotatable bonds is 2. The minimum atomic E-state index is 0.215. The molecule has 16 heavy (non-hydrogen) atoms. The molecule has 0 radical (unpaired) electrons. The average molecular weight is 350 g/mol. The third-order valence-corrected chi connectivity index (χ3v) is 4.74. The normalized spacial score (nSPS) is 20.5. The second-order valence-electron chi connectivity index (χ2n) is 4.04. The second-order valence-corrected chi connectivity index (χ2v) is 5.64. The molecule has 1 aromatic heterocycles. The van der Waals surface area contributed by atoms with Crippen LogP contribution in [0.2, 0.25) is 0 Å². The van der Waals surface area contributed by atoms with Gasteiger partial charge in [0.1, 0.15) is 4.60 Å². The third kappa shape index (κ3) is 2.26. The molecule has 1 N–H and O–H groups in total. The number of hydrogen-bond acceptors (Lipinski definition) is 3. The summed E-state index contributed by atoms with van der Waals surface area (Å²) in [4.78, 5) is 6.68. The molecule has 0 spiro atoms. The molecule has 1 saturated heterocycles. The molecule has 2 heterocycles. The fourth-order valence-electron chi connectivity index (χ4n) is 2.18. The van der Waals surface area contributed by atoms with Crippen LogP contribution in [-0.2, 0) is 0 Å². The molecular formula is C11H14Br2N2O. The Labute approximate surface area is 112 Å². The van der Waals surface area contributed by atoms with E-state index in [0.717, 1.165) is 39.8 Å². The lowest BCUT2D eigenvalue weighted by molar-refractivity contribution is 0.266. The van der Waals surface area contributed by atoms with Crippen molar-refractivity contribution in [2.45, 2.75) is 25.8 Å². The standard InChI is InChI=1S/C11H14Br2N2O/c1-7-10(5-9(12)11(13)14-7)15-4-2-3-8(15)6-16/h5,8,16H,2-4,6H2,1H3/t8-/m0/s1. The van der Waals surface area contributed by atoms with E-state index in [1.165, 1.54) is 0 Å². The number of aryl methyl sites for hydroxylation is 1. The van der Waals surface area contributed by atoms with Crippen LogP contribution in [0.15, 0.2) is 15.1 Å². The van der Waals surface area contributed by atoms with Gasteiger partial charge in [-0.15, -0.1) is 0 Å². The van der Waals surface area contributed by atoms with Crippen molar-refractivity contribution in [1.82, 2.24) is 4.98 Å². The molecule has 0 aliphatic carbocycles. The second kappa shape index (κ2) is 5.02. The Bertz CT molecular complexity index is 398. The molecule has 88 valence electrons. The van der Waals surface area contributed by atoms with E-state index in [1.54, 1.807) is 0 Å². The summed E-state index contributed by atoms with van der Waals surface area (Å²) in [5.41, 5.74) is 2.11. The predicted molar refractivity (Wildman–Crippen MR) is 71.8 cm³/mol. The molecule has 5 heteroatoms. The van der Waals surface area contributed by atoms with E-state index in [2.05, 4.69) is 47.8 Å². The van der Waals surface area contributed by atoms with Gasteiger partial charge in [0.15, 0.2) is 0 Å². The van der Waals surface area contributed by atoms with E-state index < -0.39 is 0 Å². The molecule has 3 nitrogen and oxygen atoms in total. The number of anilines is 1. The zero-order valence-corrected chi connectivity index (χ0v) is 12.3. The monoisotopic (exact) mass is 348 g/mol. The number of aromatic nitrogens is 1. The lowest BCUT2D eigenvalue weighted by Crippen LogP contribution is -2.32. The van der Waals surface area contributed by atoms with Gasteiger partial charge in [0, 0.05) is 6.54 Å². The van der Waals surface area contributed by atoms with Crippen molar-refractivity contribution in [2.24, 2.45) is 0 Å². The van der Waals surface area contributed by atoms with Gasteiger partial charge in [0.05, 0.1) is 28.5 Å². The fourth-order valence-corrected chi connectivity index (χ4v) is 2.86. The Morgan fingerprint density at radius 1 is 1.56 bits per heavy atom. The molecule has 1 fully saturated rings. The van der Waals surface area contributed by atoms with Crippen LogP contribution < -0.4 is 4.90 Å². The van der Waals surface area contributed by atoms with Crippen LogP contribution in [0.25, 0.3) is 0 Å². The van der Waals surface area contributed by atoms with Gasteiger partial charge >= 0.3 is 0 Å². The number of nitrogens with zero attached hydrogens (tertiary/aromatic N) is 2. The van der Waals surface area contributed by atoms with Gasteiger partial charge in [-0.1, -0.05) is 0 Å². The highest BCUT2D eigenvalue weighted by molar-refractivity contribution is 9.13. The first kappa shape index (κ1) is 12.3. The lowest BCUT2D eigenvalue weighted by atomic mass is 10.2. The summed E-state index contributed by atoms with van der Waals surface area (Å²) in [5, 5.41) is 9.33. The van der Waals surface area contributed by atoms with Crippen LogP contribution in [0.4, 0.5) is 5.69 Å².